The van der Waals surface area contributed by atoms with Crippen molar-refractivity contribution < 1.29 is 4.74 Å². The van der Waals surface area contributed by atoms with Gasteiger partial charge in [0.05, 0.1) is 12.7 Å². The Morgan fingerprint density at radius 3 is 2.60 bits per heavy atom. The van der Waals surface area contributed by atoms with Crippen LogP contribution in [0.5, 0.6) is 0 Å². The Balaban J connectivity index is 2.65. The smallest absolute Gasteiger partial charge is 0.0863 e. The van der Waals surface area contributed by atoms with Gasteiger partial charge < -0.3 is 4.74 Å². The zero-order valence-electron chi connectivity index (χ0n) is 9.28. The van der Waals surface area contributed by atoms with Gasteiger partial charge in [-0.05, 0) is 18.9 Å². The molecule has 1 nitrogen and oxygen atoms in total. The van der Waals surface area contributed by atoms with Crippen molar-refractivity contribution in [1.82, 2.24) is 0 Å². The summed E-state index contributed by atoms with van der Waals surface area (Å²) in [6.07, 6.45) is 2.81. The van der Waals surface area contributed by atoms with Gasteiger partial charge in [0, 0.05) is 0 Å². The average Bonchev–Trinajstić information content (AvgIpc) is 2.25. The van der Waals surface area contributed by atoms with E-state index in [0.29, 0.717) is 6.61 Å². The molecule has 0 aliphatic rings. The Bertz CT molecular complexity index is 313. The van der Waals surface area contributed by atoms with Crippen LogP contribution in [0.2, 0.25) is 0 Å². The van der Waals surface area contributed by atoms with Crippen LogP contribution in [-0.2, 0) is 4.74 Å². The molecule has 0 saturated carbocycles. The topological polar surface area (TPSA) is 9.23 Å². The zero-order valence-corrected chi connectivity index (χ0v) is 9.28. The third kappa shape index (κ3) is 4.13. The van der Waals surface area contributed by atoms with Crippen molar-refractivity contribution in [3.05, 3.63) is 60.7 Å². The normalized spacial score (nSPS) is 12.1. The highest BCUT2D eigenvalue weighted by atomic mass is 16.5. The Morgan fingerprint density at radius 2 is 2.07 bits per heavy atom. The summed E-state index contributed by atoms with van der Waals surface area (Å²) < 4.78 is 5.76. The summed E-state index contributed by atoms with van der Waals surface area (Å²) in [6, 6.07) is 10.2. The van der Waals surface area contributed by atoms with Gasteiger partial charge in [-0.3, -0.25) is 0 Å². The predicted octanol–water partition coefficient (Wildman–Crippen LogP) is 3.90. The molecule has 0 aromatic heterocycles. The van der Waals surface area contributed by atoms with E-state index in [1.54, 1.807) is 0 Å². The fourth-order valence-electron chi connectivity index (χ4n) is 1.36. The molecular weight excluding hydrogens is 184 g/mol. The standard InChI is InChI=1S/C14H18O/c1-4-8-14(15-11-12(2)3)13-9-6-5-7-10-13/h4-7,9-10,14H,1-2,8,11H2,3H3. The molecule has 0 aliphatic carbocycles. The van der Waals surface area contributed by atoms with E-state index in [1.807, 2.05) is 31.2 Å². The van der Waals surface area contributed by atoms with Crippen LogP contribution in [0.15, 0.2) is 55.1 Å². The van der Waals surface area contributed by atoms with Crippen molar-refractivity contribution in [3.63, 3.8) is 0 Å². The summed E-state index contributed by atoms with van der Waals surface area (Å²) in [5.74, 6) is 0. The largest absolute Gasteiger partial charge is 0.369 e. The lowest BCUT2D eigenvalue weighted by Crippen LogP contribution is -2.05. The molecule has 15 heavy (non-hydrogen) atoms. The number of hydrogen-bond acceptors (Lipinski definition) is 1. The van der Waals surface area contributed by atoms with Crippen LogP contribution in [0.25, 0.3) is 0 Å². The Labute approximate surface area is 92.1 Å². The second kappa shape index (κ2) is 6.20. The van der Waals surface area contributed by atoms with E-state index in [-0.39, 0.29) is 6.10 Å². The molecular formula is C14H18O. The maximum absolute atomic E-state index is 5.76. The van der Waals surface area contributed by atoms with Crippen LogP contribution in [0.1, 0.15) is 25.0 Å². The Kier molecular flexibility index (Phi) is 4.85. The zero-order chi connectivity index (χ0) is 11.1. The van der Waals surface area contributed by atoms with E-state index in [0.717, 1.165) is 12.0 Å². The molecule has 0 fully saturated rings. The maximum Gasteiger partial charge on any atom is 0.0863 e. The molecule has 0 aliphatic heterocycles. The van der Waals surface area contributed by atoms with Gasteiger partial charge in [-0.2, -0.15) is 0 Å². The van der Waals surface area contributed by atoms with Gasteiger partial charge in [0.2, 0.25) is 0 Å². The Hall–Kier alpha value is -1.34. The van der Waals surface area contributed by atoms with Crippen molar-refractivity contribution in [2.24, 2.45) is 0 Å². The second-order valence-corrected chi connectivity index (χ2v) is 3.69. The molecule has 1 unspecified atom stereocenters. The summed E-state index contributed by atoms with van der Waals surface area (Å²) in [6.45, 7) is 10.2. The molecule has 0 spiro atoms. The van der Waals surface area contributed by atoms with Crippen LogP contribution >= 0.6 is 0 Å². The lowest BCUT2D eigenvalue weighted by Gasteiger charge is -2.16. The monoisotopic (exact) mass is 202 g/mol. The highest BCUT2D eigenvalue weighted by molar-refractivity contribution is 5.18. The highest BCUT2D eigenvalue weighted by Gasteiger charge is 2.09. The molecule has 0 N–H and O–H groups in total. The van der Waals surface area contributed by atoms with Crippen LogP contribution in [0.4, 0.5) is 0 Å². The fourth-order valence-corrected chi connectivity index (χ4v) is 1.36. The van der Waals surface area contributed by atoms with Crippen molar-refractivity contribution in [3.8, 4) is 0 Å². The minimum atomic E-state index is 0.0976. The first kappa shape index (κ1) is 11.7. The van der Waals surface area contributed by atoms with Gasteiger partial charge in [-0.25, -0.2) is 0 Å². The van der Waals surface area contributed by atoms with E-state index in [9.17, 15) is 0 Å². The third-order valence-corrected chi connectivity index (χ3v) is 2.08. The van der Waals surface area contributed by atoms with Crippen LogP contribution in [0, 0.1) is 0 Å². The molecule has 1 aromatic carbocycles. The molecule has 0 bridgehead atoms. The summed E-state index contributed by atoms with van der Waals surface area (Å²) in [4.78, 5) is 0. The predicted molar refractivity (Wildman–Crippen MR) is 64.8 cm³/mol. The molecule has 0 radical (unpaired) electrons. The molecule has 0 heterocycles. The minimum Gasteiger partial charge on any atom is -0.369 e. The van der Waals surface area contributed by atoms with Crippen LogP contribution < -0.4 is 0 Å². The number of rotatable bonds is 6. The molecule has 80 valence electrons. The van der Waals surface area contributed by atoms with E-state index in [4.69, 9.17) is 4.74 Å². The first-order valence-corrected chi connectivity index (χ1v) is 5.16. The average molecular weight is 202 g/mol. The first-order valence-electron chi connectivity index (χ1n) is 5.16. The first-order chi connectivity index (χ1) is 7.24. The van der Waals surface area contributed by atoms with Gasteiger partial charge in [-0.15, -0.1) is 6.58 Å². The van der Waals surface area contributed by atoms with E-state index in [1.165, 1.54) is 5.56 Å². The molecule has 1 heteroatoms. The molecule has 0 amide bonds. The van der Waals surface area contributed by atoms with E-state index in [2.05, 4.69) is 25.3 Å². The van der Waals surface area contributed by atoms with Crippen molar-refractivity contribution in [2.45, 2.75) is 19.4 Å². The van der Waals surface area contributed by atoms with Gasteiger partial charge in [-0.1, -0.05) is 48.6 Å². The highest BCUT2D eigenvalue weighted by Crippen LogP contribution is 2.21. The van der Waals surface area contributed by atoms with Gasteiger partial charge in [0.25, 0.3) is 0 Å². The number of benzene rings is 1. The van der Waals surface area contributed by atoms with Crippen molar-refractivity contribution >= 4 is 0 Å². The fraction of sp³-hybridized carbons (Fsp3) is 0.286. The van der Waals surface area contributed by atoms with Crippen molar-refractivity contribution in [2.75, 3.05) is 6.61 Å². The molecule has 1 aromatic rings. The minimum absolute atomic E-state index is 0.0976. The summed E-state index contributed by atoms with van der Waals surface area (Å²) >= 11 is 0. The SMILES string of the molecule is C=CCC(OCC(=C)C)c1ccccc1. The lowest BCUT2D eigenvalue weighted by atomic mass is 10.1. The van der Waals surface area contributed by atoms with Crippen LogP contribution in [-0.4, -0.2) is 6.61 Å². The van der Waals surface area contributed by atoms with Gasteiger partial charge in [0.15, 0.2) is 0 Å². The maximum atomic E-state index is 5.76. The van der Waals surface area contributed by atoms with E-state index < -0.39 is 0 Å². The lowest BCUT2D eigenvalue weighted by molar-refractivity contribution is 0.0719. The van der Waals surface area contributed by atoms with E-state index >= 15 is 0 Å². The van der Waals surface area contributed by atoms with Crippen molar-refractivity contribution in [1.29, 1.82) is 0 Å². The number of ether oxygens (including phenoxy) is 1. The Morgan fingerprint density at radius 1 is 1.40 bits per heavy atom. The quantitative estimate of drug-likeness (QED) is 0.636. The summed E-state index contributed by atoms with van der Waals surface area (Å²) in [5, 5.41) is 0. The molecule has 0 saturated heterocycles. The van der Waals surface area contributed by atoms with Gasteiger partial charge in [0.1, 0.15) is 0 Å². The van der Waals surface area contributed by atoms with Crippen LogP contribution in [0.3, 0.4) is 0 Å². The van der Waals surface area contributed by atoms with Gasteiger partial charge >= 0.3 is 0 Å². The second-order valence-electron chi connectivity index (χ2n) is 3.69. The summed E-state index contributed by atoms with van der Waals surface area (Å²) in [5.41, 5.74) is 2.23. The molecule has 1 atom stereocenters. The number of hydrogen-bond donors (Lipinski definition) is 0. The summed E-state index contributed by atoms with van der Waals surface area (Å²) in [7, 11) is 0. The molecule has 1 rings (SSSR count). The third-order valence-electron chi connectivity index (χ3n) is 2.08.